The van der Waals surface area contributed by atoms with Gasteiger partial charge in [-0.05, 0) is 55.4 Å². The number of Topliss-reactive ketones (excluding diaryl/α,β-unsaturated/α-hetero) is 2. The molecule has 29 heavy (non-hydrogen) atoms. The summed E-state index contributed by atoms with van der Waals surface area (Å²) in [6.07, 6.45) is 5.66. The van der Waals surface area contributed by atoms with Crippen LogP contribution < -0.4 is 0 Å². The lowest BCUT2D eigenvalue weighted by molar-refractivity contribution is -0.173. The average Bonchev–Trinajstić information content (AvgIpc) is 2.91. The first-order valence-electron chi connectivity index (χ1n) is 10.7. The van der Waals surface area contributed by atoms with Gasteiger partial charge in [0.15, 0.2) is 12.4 Å². The molecule has 6 nitrogen and oxygen atoms in total. The molecule has 0 amide bonds. The van der Waals surface area contributed by atoms with Crippen LogP contribution in [0.25, 0.3) is 0 Å². The highest BCUT2D eigenvalue weighted by Crippen LogP contribution is 2.66. The number of ketones is 3. The van der Waals surface area contributed by atoms with Crippen LogP contribution in [-0.4, -0.2) is 40.6 Å². The first-order valence-corrected chi connectivity index (χ1v) is 10.7. The molecule has 6 atom stereocenters. The van der Waals surface area contributed by atoms with E-state index in [1.54, 1.807) is 6.08 Å². The lowest BCUT2D eigenvalue weighted by atomic mass is 9.46. The SMILES string of the molecule is CC(=O)OCC(=O)[C@@]1(O)CC[C@@H]2[C@@H]3CCC4=CC(=O)CC[C@]4(C)[C@H]3C(=O)C[C@@]21C. The normalized spacial score (nSPS) is 43.7. The first-order chi connectivity index (χ1) is 13.5. The van der Waals surface area contributed by atoms with Crippen LogP contribution in [-0.2, 0) is 23.9 Å². The lowest BCUT2D eigenvalue weighted by Gasteiger charge is -2.57. The summed E-state index contributed by atoms with van der Waals surface area (Å²) in [5.41, 5.74) is -1.68. The Bertz CT molecular complexity index is 827. The van der Waals surface area contributed by atoms with Gasteiger partial charge >= 0.3 is 5.97 Å². The number of allylic oxidation sites excluding steroid dienone is 1. The number of rotatable bonds is 3. The molecule has 0 radical (unpaired) electrons. The van der Waals surface area contributed by atoms with Crippen LogP contribution in [0.15, 0.2) is 11.6 Å². The van der Waals surface area contributed by atoms with E-state index in [1.807, 2.05) is 6.92 Å². The first kappa shape index (κ1) is 20.5. The maximum atomic E-state index is 13.5. The van der Waals surface area contributed by atoms with Crippen LogP contribution in [0.3, 0.4) is 0 Å². The number of aliphatic hydroxyl groups is 1. The monoisotopic (exact) mass is 402 g/mol. The van der Waals surface area contributed by atoms with E-state index < -0.39 is 29.4 Å². The van der Waals surface area contributed by atoms with Gasteiger partial charge in [0.2, 0.25) is 5.78 Å². The van der Waals surface area contributed by atoms with Gasteiger partial charge in [-0.3, -0.25) is 19.2 Å². The lowest BCUT2D eigenvalue weighted by Crippen LogP contribution is -2.61. The number of hydrogen-bond donors (Lipinski definition) is 1. The van der Waals surface area contributed by atoms with Gasteiger partial charge in [-0.15, -0.1) is 0 Å². The molecule has 6 heteroatoms. The summed E-state index contributed by atoms with van der Waals surface area (Å²) < 4.78 is 4.86. The molecule has 4 aliphatic rings. The summed E-state index contributed by atoms with van der Waals surface area (Å²) in [6.45, 7) is 4.76. The van der Waals surface area contributed by atoms with Crippen molar-refractivity contribution >= 4 is 23.3 Å². The Kier molecular flexibility index (Phi) is 4.65. The molecule has 0 aromatic carbocycles. The summed E-state index contributed by atoms with van der Waals surface area (Å²) >= 11 is 0. The maximum absolute atomic E-state index is 13.5. The van der Waals surface area contributed by atoms with Crippen LogP contribution in [0.5, 0.6) is 0 Å². The molecule has 0 spiro atoms. The molecule has 0 saturated heterocycles. The van der Waals surface area contributed by atoms with E-state index in [-0.39, 0.29) is 41.2 Å². The quantitative estimate of drug-likeness (QED) is 0.729. The van der Waals surface area contributed by atoms with Crippen LogP contribution in [0.1, 0.15) is 65.7 Å². The third-order valence-electron chi connectivity index (χ3n) is 8.67. The molecule has 1 N–H and O–H groups in total. The smallest absolute Gasteiger partial charge is 0.303 e. The van der Waals surface area contributed by atoms with Gasteiger partial charge in [-0.2, -0.15) is 0 Å². The molecule has 3 fully saturated rings. The molecule has 0 aromatic heterocycles. The Labute approximate surface area is 171 Å². The predicted octanol–water partition coefficient (Wildman–Crippen LogP) is 2.56. The summed E-state index contributed by atoms with van der Waals surface area (Å²) in [5.74, 6) is -0.811. The molecule has 0 unspecified atom stereocenters. The fraction of sp³-hybridized carbons (Fsp3) is 0.739. The van der Waals surface area contributed by atoms with Crippen molar-refractivity contribution in [2.75, 3.05) is 6.61 Å². The Morgan fingerprint density at radius 2 is 1.90 bits per heavy atom. The molecule has 0 aliphatic heterocycles. The van der Waals surface area contributed by atoms with Crippen molar-refractivity contribution in [3.8, 4) is 0 Å². The number of esters is 1. The van der Waals surface area contributed by atoms with Crippen LogP contribution in [0.2, 0.25) is 0 Å². The van der Waals surface area contributed by atoms with E-state index in [1.165, 1.54) is 6.92 Å². The van der Waals surface area contributed by atoms with Crippen LogP contribution >= 0.6 is 0 Å². The Hall–Kier alpha value is -1.82. The second kappa shape index (κ2) is 6.59. The van der Waals surface area contributed by atoms with Crippen molar-refractivity contribution in [1.29, 1.82) is 0 Å². The summed E-state index contributed by atoms with van der Waals surface area (Å²) in [7, 11) is 0. The second-order valence-electron chi connectivity index (χ2n) is 10.0. The number of carbonyl (C=O) groups excluding carboxylic acids is 4. The Morgan fingerprint density at radius 3 is 2.59 bits per heavy atom. The Balaban J connectivity index is 1.66. The third-order valence-corrected chi connectivity index (χ3v) is 8.67. The topological polar surface area (TPSA) is 97.7 Å². The standard InChI is InChI=1S/C23H30O6/c1-13(24)29-12-19(27)23(28)9-7-17-16-5-4-14-10-15(25)6-8-21(14,2)20(16)18(26)11-22(17,23)3/h10,16-17,20,28H,4-9,11-12H2,1-3H3/t16-,17+,20+,21-,22-,23-/m0/s1. The van der Waals surface area contributed by atoms with E-state index in [0.29, 0.717) is 25.7 Å². The zero-order valence-electron chi connectivity index (χ0n) is 17.5. The van der Waals surface area contributed by atoms with Gasteiger partial charge in [0.1, 0.15) is 11.4 Å². The minimum atomic E-state index is -1.65. The third kappa shape index (κ3) is 2.78. The van der Waals surface area contributed by atoms with Crippen LogP contribution in [0, 0.1) is 28.6 Å². The van der Waals surface area contributed by atoms with Crippen molar-refractivity contribution in [3.05, 3.63) is 11.6 Å². The summed E-state index contributed by atoms with van der Waals surface area (Å²) in [4.78, 5) is 49.4. The fourth-order valence-corrected chi connectivity index (χ4v) is 7.13. The van der Waals surface area contributed by atoms with Gasteiger partial charge in [0.05, 0.1) is 0 Å². The number of hydrogen-bond acceptors (Lipinski definition) is 6. The molecule has 158 valence electrons. The van der Waals surface area contributed by atoms with E-state index in [2.05, 4.69) is 6.92 Å². The molecular weight excluding hydrogens is 372 g/mol. The summed E-state index contributed by atoms with van der Waals surface area (Å²) in [6, 6.07) is 0. The van der Waals surface area contributed by atoms with Gasteiger partial charge in [0.25, 0.3) is 0 Å². The van der Waals surface area contributed by atoms with Crippen molar-refractivity contribution in [3.63, 3.8) is 0 Å². The number of fused-ring (bicyclic) bond motifs is 5. The van der Waals surface area contributed by atoms with E-state index >= 15 is 0 Å². The van der Waals surface area contributed by atoms with Gasteiger partial charge in [-0.25, -0.2) is 0 Å². The van der Waals surface area contributed by atoms with E-state index in [0.717, 1.165) is 18.4 Å². The molecule has 4 rings (SSSR count). The molecular formula is C23H30O6. The minimum absolute atomic E-state index is 0.0625. The second-order valence-corrected chi connectivity index (χ2v) is 10.0. The molecule has 0 heterocycles. The summed E-state index contributed by atoms with van der Waals surface area (Å²) in [5, 5.41) is 11.4. The average molecular weight is 402 g/mol. The highest BCUT2D eigenvalue weighted by molar-refractivity contribution is 5.95. The number of ether oxygens (including phenoxy) is 1. The van der Waals surface area contributed by atoms with Crippen molar-refractivity contribution in [1.82, 2.24) is 0 Å². The predicted molar refractivity (Wildman–Crippen MR) is 104 cm³/mol. The van der Waals surface area contributed by atoms with Crippen molar-refractivity contribution < 1.29 is 29.0 Å². The molecule has 3 saturated carbocycles. The Morgan fingerprint density at radius 1 is 1.17 bits per heavy atom. The van der Waals surface area contributed by atoms with E-state index in [4.69, 9.17) is 4.74 Å². The molecule has 4 aliphatic carbocycles. The largest absolute Gasteiger partial charge is 0.458 e. The number of carbonyl (C=O) groups is 4. The van der Waals surface area contributed by atoms with E-state index in [9.17, 15) is 24.3 Å². The van der Waals surface area contributed by atoms with Gasteiger partial charge in [0, 0.05) is 31.1 Å². The van der Waals surface area contributed by atoms with Crippen molar-refractivity contribution in [2.24, 2.45) is 28.6 Å². The zero-order valence-corrected chi connectivity index (χ0v) is 17.5. The maximum Gasteiger partial charge on any atom is 0.303 e. The van der Waals surface area contributed by atoms with Crippen LogP contribution in [0.4, 0.5) is 0 Å². The van der Waals surface area contributed by atoms with Crippen molar-refractivity contribution in [2.45, 2.75) is 71.3 Å². The van der Waals surface area contributed by atoms with Gasteiger partial charge < -0.3 is 9.84 Å². The van der Waals surface area contributed by atoms with Gasteiger partial charge in [-0.1, -0.05) is 19.4 Å². The molecule has 0 aromatic rings. The minimum Gasteiger partial charge on any atom is -0.458 e. The highest BCUT2D eigenvalue weighted by atomic mass is 16.5. The zero-order chi connectivity index (χ0) is 21.2. The molecule has 0 bridgehead atoms. The highest BCUT2D eigenvalue weighted by Gasteiger charge is 2.68. The fourth-order valence-electron chi connectivity index (χ4n) is 7.13.